The molecule has 2 aromatic rings. The van der Waals surface area contributed by atoms with Gasteiger partial charge in [0, 0.05) is 16.5 Å². The third-order valence-electron chi connectivity index (χ3n) is 2.98. The molecule has 0 saturated carbocycles. The fourth-order valence-corrected chi connectivity index (χ4v) is 2.24. The summed E-state index contributed by atoms with van der Waals surface area (Å²) in [6, 6.07) is 16.0. The Balaban J connectivity index is 2.18. The highest BCUT2D eigenvalue weighted by Gasteiger charge is 2.08. The van der Waals surface area contributed by atoms with Crippen LogP contribution in [-0.4, -0.2) is 5.78 Å². The SMILES string of the molecule is CC(C)CC(=O)c1ccc(-c2ccc(Br)cc2)cc1. The molecule has 1 nitrogen and oxygen atoms in total. The summed E-state index contributed by atoms with van der Waals surface area (Å²) in [5, 5.41) is 0. The van der Waals surface area contributed by atoms with Crippen molar-refractivity contribution in [1.29, 1.82) is 0 Å². The van der Waals surface area contributed by atoms with Gasteiger partial charge < -0.3 is 0 Å². The minimum Gasteiger partial charge on any atom is -0.294 e. The van der Waals surface area contributed by atoms with Gasteiger partial charge in [0.2, 0.25) is 0 Å². The third kappa shape index (κ3) is 3.77. The van der Waals surface area contributed by atoms with E-state index in [1.165, 1.54) is 0 Å². The number of carbonyl (C=O) groups is 1. The molecule has 0 heterocycles. The Labute approximate surface area is 122 Å². The van der Waals surface area contributed by atoms with Crippen molar-refractivity contribution in [2.24, 2.45) is 5.92 Å². The minimum atomic E-state index is 0.220. The Morgan fingerprint density at radius 1 is 0.947 bits per heavy atom. The van der Waals surface area contributed by atoms with E-state index in [0.717, 1.165) is 21.2 Å². The molecule has 0 aliphatic carbocycles. The van der Waals surface area contributed by atoms with Crippen LogP contribution >= 0.6 is 15.9 Å². The summed E-state index contributed by atoms with van der Waals surface area (Å²) in [6.45, 7) is 4.13. The number of benzene rings is 2. The van der Waals surface area contributed by atoms with E-state index in [4.69, 9.17) is 0 Å². The van der Waals surface area contributed by atoms with Gasteiger partial charge in [0.25, 0.3) is 0 Å². The summed E-state index contributed by atoms with van der Waals surface area (Å²) in [6.07, 6.45) is 0.609. The zero-order valence-corrected chi connectivity index (χ0v) is 12.8. The van der Waals surface area contributed by atoms with Crippen LogP contribution < -0.4 is 0 Å². The molecule has 0 fully saturated rings. The average molecular weight is 317 g/mol. The predicted molar refractivity (Wildman–Crippen MR) is 83.4 cm³/mol. The van der Waals surface area contributed by atoms with E-state index in [1.54, 1.807) is 0 Å². The topological polar surface area (TPSA) is 17.1 Å². The first-order valence-electron chi connectivity index (χ1n) is 6.45. The molecular formula is C17H17BrO. The van der Waals surface area contributed by atoms with Crippen LogP contribution in [0.1, 0.15) is 30.6 Å². The normalized spacial score (nSPS) is 10.7. The molecule has 0 aliphatic heterocycles. The highest BCUT2D eigenvalue weighted by atomic mass is 79.9. The summed E-state index contributed by atoms with van der Waals surface area (Å²) in [5.74, 6) is 0.621. The molecule has 0 saturated heterocycles. The number of rotatable bonds is 4. The Bertz CT molecular complexity index is 553. The minimum absolute atomic E-state index is 0.220. The lowest BCUT2D eigenvalue weighted by Gasteiger charge is -2.06. The first kappa shape index (κ1) is 14.0. The summed E-state index contributed by atoms with van der Waals surface area (Å²) in [4.78, 5) is 11.9. The van der Waals surface area contributed by atoms with Crippen molar-refractivity contribution in [3.05, 3.63) is 58.6 Å². The average Bonchev–Trinajstić information content (AvgIpc) is 2.39. The van der Waals surface area contributed by atoms with Crippen LogP contribution in [0.4, 0.5) is 0 Å². The van der Waals surface area contributed by atoms with Crippen LogP contribution in [0.5, 0.6) is 0 Å². The van der Waals surface area contributed by atoms with E-state index >= 15 is 0 Å². The van der Waals surface area contributed by atoms with Gasteiger partial charge in [-0.05, 0) is 29.2 Å². The lowest BCUT2D eigenvalue weighted by atomic mass is 9.98. The van der Waals surface area contributed by atoms with Crippen molar-refractivity contribution in [1.82, 2.24) is 0 Å². The standard InChI is InChI=1S/C17H17BrO/c1-12(2)11-17(19)15-5-3-13(4-6-15)14-7-9-16(18)10-8-14/h3-10,12H,11H2,1-2H3. The van der Waals surface area contributed by atoms with Crippen molar-refractivity contribution in [3.8, 4) is 11.1 Å². The molecule has 2 aromatic carbocycles. The van der Waals surface area contributed by atoms with Crippen LogP contribution in [-0.2, 0) is 0 Å². The Morgan fingerprint density at radius 3 is 1.89 bits per heavy atom. The number of carbonyl (C=O) groups excluding carboxylic acids is 1. The quantitative estimate of drug-likeness (QED) is 0.695. The molecule has 0 unspecified atom stereocenters. The molecule has 0 N–H and O–H groups in total. The van der Waals surface area contributed by atoms with E-state index < -0.39 is 0 Å². The van der Waals surface area contributed by atoms with E-state index in [9.17, 15) is 4.79 Å². The second-order valence-electron chi connectivity index (χ2n) is 5.11. The highest BCUT2D eigenvalue weighted by Crippen LogP contribution is 2.22. The summed E-state index contributed by atoms with van der Waals surface area (Å²) >= 11 is 3.43. The van der Waals surface area contributed by atoms with Gasteiger partial charge in [0.1, 0.15) is 0 Å². The summed E-state index contributed by atoms with van der Waals surface area (Å²) in [5.41, 5.74) is 3.09. The second kappa shape index (κ2) is 6.16. The van der Waals surface area contributed by atoms with Crippen LogP contribution in [0.15, 0.2) is 53.0 Å². The van der Waals surface area contributed by atoms with Crippen LogP contribution in [0.25, 0.3) is 11.1 Å². The molecule has 0 spiro atoms. The molecule has 0 amide bonds. The van der Waals surface area contributed by atoms with Crippen molar-refractivity contribution < 1.29 is 4.79 Å². The second-order valence-corrected chi connectivity index (χ2v) is 6.02. The molecule has 0 aliphatic rings. The number of hydrogen-bond acceptors (Lipinski definition) is 1. The van der Waals surface area contributed by atoms with Crippen LogP contribution in [0, 0.1) is 5.92 Å². The van der Waals surface area contributed by atoms with Crippen molar-refractivity contribution >= 4 is 21.7 Å². The van der Waals surface area contributed by atoms with Gasteiger partial charge in [-0.1, -0.05) is 66.2 Å². The molecule has 2 heteroatoms. The number of halogens is 1. The first-order chi connectivity index (χ1) is 9.06. The smallest absolute Gasteiger partial charge is 0.163 e. The van der Waals surface area contributed by atoms with Gasteiger partial charge in [-0.3, -0.25) is 4.79 Å². The van der Waals surface area contributed by atoms with Gasteiger partial charge >= 0.3 is 0 Å². The zero-order valence-electron chi connectivity index (χ0n) is 11.2. The summed E-state index contributed by atoms with van der Waals surface area (Å²) in [7, 11) is 0. The van der Waals surface area contributed by atoms with E-state index in [-0.39, 0.29) is 5.78 Å². The molecule has 0 atom stereocenters. The van der Waals surface area contributed by atoms with Crippen LogP contribution in [0.2, 0.25) is 0 Å². The van der Waals surface area contributed by atoms with Gasteiger partial charge in [-0.25, -0.2) is 0 Å². The molecule has 0 radical (unpaired) electrons. The van der Waals surface area contributed by atoms with Gasteiger partial charge in [0.05, 0.1) is 0 Å². The molecule has 0 bridgehead atoms. The fraction of sp³-hybridized carbons (Fsp3) is 0.235. The zero-order chi connectivity index (χ0) is 13.8. The highest BCUT2D eigenvalue weighted by molar-refractivity contribution is 9.10. The van der Waals surface area contributed by atoms with Crippen molar-refractivity contribution in [2.75, 3.05) is 0 Å². The number of ketones is 1. The maximum absolute atomic E-state index is 11.9. The Kier molecular flexibility index (Phi) is 4.54. The lowest BCUT2D eigenvalue weighted by Crippen LogP contribution is -2.03. The maximum Gasteiger partial charge on any atom is 0.163 e. The Hall–Kier alpha value is -1.41. The van der Waals surface area contributed by atoms with Crippen molar-refractivity contribution in [3.63, 3.8) is 0 Å². The summed E-state index contributed by atoms with van der Waals surface area (Å²) < 4.78 is 1.07. The van der Waals surface area contributed by atoms with Crippen molar-refractivity contribution in [2.45, 2.75) is 20.3 Å². The van der Waals surface area contributed by atoms with Gasteiger partial charge in [-0.15, -0.1) is 0 Å². The van der Waals surface area contributed by atoms with E-state index in [0.29, 0.717) is 12.3 Å². The third-order valence-corrected chi connectivity index (χ3v) is 3.51. The predicted octanol–water partition coefficient (Wildman–Crippen LogP) is 5.34. The largest absolute Gasteiger partial charge is 0.294 e. The Morgan fingerprint density at radius 2 is 1.42 bits per heavy atom. The molecule has 98 valence electrons. The lowest BCUT2D eigenvalue weighted by molar-refractivity contribution is 0.0968. The molecule has 2 rings (SSSR count). The maximum atomic E-state index is 11.9. The van der Waals surface area contributed by atoms with Gasteiger partial charge in [-0.2, -0.15) is 0 Å². The number of Topliss-reactive ketones (excluding diaryl/α,β-unsaturated/α-hetero) is 1. The van der Waals surface area contributed by atoms with E-state index in [2.05, 4.69) is 41.9 Å². The van der Waals surface area contributed by atoms with Crippen LogP contribution in [0.3, 0.4) is 0 Å². The monoisotopic (exact) mass is 316 g/mol. The fourth-order valence-electron chi connectivity index (χ4n) is 1.98. The number of hydrogen-bond donors (Lipinski definition) is 0. The molecular weight excluding hydrogens is 300 g/mol. The molecule has 19 heavy (non-hydrogen) atoms. The van der Waals surface area contributed by atoms with Gasteiger partial charge in [0.15, 0.2) is 5.78 Å². The van der Waals surface area contributed by atoms with E-state index in [1.807, 2.05) is 36.4 Å². The molecule has 0 aromatic heterocycles. The first-order valence-corrected chi connectivity index (χ1v) is 7.25.